The lowest BCUT2D eigenvalue weighted by Crippen LogP contribution is -2.37. The number of ether oxygens (including phenoxy) is 2. The van der Waals surface area contributed by atoms with Crippen molar-refractivity contribution in [2.45, 2.75) is 44.5 Å². The van der Waals surface area contributed by atoms with Crippen molar-refractivity contribution in [3.63, 3.8) is 0 Å². The molecule has 1 aliphatic carbocycles. The summed E-state index contributed by atoms with van der Waals surface area (Å²) < 4.78 is 12.7. The van der Waals surface area contributed by atoms with Crippen molar-refractivity contribution < 1.29 is 19.7 Å². The zero-order chi connectivity index (χ0) is 29.8. The van der Waals surface area contributed by atoms with Crippen LogP contribution < -0.4 is 20.1 Å². The highest BCUT2D eigenvalue weighted by atomic mass is 35.5. The first-order chi connectivity index (χ1) is 21.0. The smallest absolute Gasteiger partial charge is 0.181 e. The third-order valence-corrected chi connectivity index (χ3v) is 7.96. The molecule has 3 aromatic carbocycles. The summed E-state index contributed by atoms with van der Waals surface area (Å²) in [4.78, 5) is 6.58. The van der Waals surface area contributed by atoms with Gasteiger partial charge in [0.15, 0.2) is 6.35 Å². The topological polar surface area (TPSA) is 99.1 Å². The van der Waals surface area contributed by atoms with Gasteiger partial charge in [-0.25, -0.2) is 0 Å². The summed E-state index contributed by atoms with van der Waals surface area (Å²) in [6, 6.07) is 21.6. The second-order valence-corrected chi connectivity index (χ2v) is 11.2. The number of aromatic nitrogens is 1. The average Bonchev–Trinajstić information content (AvgIpc) is 3.85. The molecule has 9 heteroatoms. The van der Waals surface area contributed by atoms with Gasteiger partial charge in [-0.1, -0.05) is 54.6 Å². The molecule has 2 heterocycles. The molecule has 43 heavy (non-hydrogen) atoms. The quantitative estimate of drug-likeness (QED) is 0.112. The Morgan fingerprint density at radius 3 is 2.63 bits per heavy atom. The number of halogens is 1. The predicted octanol–water partition coefficient (Wildman–Crippen LogP) is 6.29. The Bertz CT molecular complexity index is 1630. The van der Waals surface area contributed by atoms with Gasteiger partial charge in [-0.3, -0.25) is 15.2 Å². The molecule has 0 radical (unpaired) electrons. The van der Waals surface area contributed by atoms with E-state index in [0.717, 1.165) is 52.6 Å². The molecule has 0 saturated heterocycles. The van der Waals surface area contributed by atoms with E-state index in [-0.39, 0.29) is 0 Å². The number of aliphatic hydroxyl groups excluding tert-OH is 2. The highest BCUT2D eigenvalue weighted by molar-refractivity contribution is 6.33. The minimum absolute atomic E-state index is 0.347. The summed E-state index contributed by atoms with van der Waals surface area (Å²) in [5.41, 5.74) is 4.51. The van der Waals surface area contributed by atoms with Gasteiger partial charge in [-0.2, -0.15) is 0 Å². The molecule has 1 aromatic heterocycles. The van der Waals surface area contributed by atoms with Gasteiger partial charge >= 0.3 is 0 Å². The van der Waals surface area contributed by atoms with Gasteiger partial charge in [0.05, 0.1) is 16.2 Å². The molecule has 2 atom stereocenters. The molecule has 1 saturated carbocycles. The number of nitrogens with one attached hydrogen (secondary N) is 2. The minimum Gasteiger partial charge on any atom is -0.488 e. The third kappa shape index (κ3) is 7.18. The molecule has 0 amide bonds. The third-order valence-electron chi connectivity index (χ3n) is 7.64. The van der Waals surface area contributed by atoms with E-state index in [0.29, 0.717) is 47.9 Å². The second kappa shape index (κ2) is 13.2. The molecule has 2 unspecified atom stereocenters. The van der Waals surface area contributed by atoms with Crippen molar-refractivity contribution in [1.29, 1.82) is 0 Å². The standard InChI is InChI=1S/C34H35ClN4O4/c1-2-33(40)39-16-13-23(14-17-39)26-19-27-30(20-32(26)42-21-22-6-4-3-5-7-22)36-15-12-31(27)43-25-10-11-29(28(35)18-25)38-34(41)37-24-8-9-24/h2-7,10-13,15,18-20,24,33-34,37-38,40-41H,1,8-9,14,16-17,21H2. The molecule has 1 fully saturated rings. The molecule has 2 aliphatic rings. The van der Waals surface area contributed by atoms with E-state index in [1.165, 1.54) is 0 Å². The first kappa shape index (κ1) is 29.2. The number of hydrogen-bond acceptors (Lipinski definition) is 8. The number of hydrogen-bond donors (Lipinski definition) is 4. The highest BCUT2D eigenvalue weighted by Crippen LogP contribution is 2.39. The van der Waals surface area contributed by atoms with Gasteiger partial charge in [-0.05, 0) is 60.7 Å². The maximum atomic E-state index is 10.2. The maximum absolute atomic E-state index is 10.2. The first-order valence-electron chi connectivity index (χ1n) is 14.5. The molecule has 4 N–H and O–H groups in total. The van der Waals surface area contributed by atoms with Gasteiger partial charge in [-0.15, -0.1) is 0 Å². The van der Waals surface area contributed by atoms with Crippen LogP contribution >= 0.6 is 11.6 Å². The lowest BCUT2D eigenvalue weighted by Gasteiger charge is -2.29. The number of aliphatic hydroxyl groups is 2. The Balaban J connectivity index is 1.29. The van der Waals surface area contributed by atoms with Crippen molar-refractivity contribution >= 4 is 33.8 Å². The monoisotopic (exact) mass is 598 g/mol. The number of pyridine rings is 1. The van der Waals surface area contributed by atoms with Crippen molar-refractivity contribution in [1.82, 2.24) is 15.2 Å². The summed E-state index contributed by atoms with van der Waals surface area (Å²) in [6.07, 6.45) is 6.69. The Morgan fingerprint density at radius 2 is 1.91 bits per heavy atom. The molecule has 222 valence electrons. The van der Waals surface area contributed by atoms with Crippen LogP contribution in [0.3, 0.4) is 0 Å². The van der Waals surface area contributed by atoms with E-state index < -0.39 is 12.6 Å². The molecular formula is C34H35ClN4O4. The fourth-order valence-electron chi connectivity index (χ4n) is 5.13. The van der Waals surface area contributed by atoms with Gasteiger partial charge in [0.1, 0.15) is 30.1 Å². The van der Waals surface area contributed by atoms with E-state index in [9.17, 15) is 10.2 Å². The molecule has 4 aromatic rings. The summed E-state index contributed by atoms with van der Waals surface area (Å²) >= 11 is 6.54. The number of nitrogens with zero attached hydrogens (tertiary/aromatic N) is 2. The van der Waals surface area contributed by atoms with E-state index in [2.05, 4.69) is 34.3 Å². The molecule has 1 aliphatic heterocycles. The van der Waals surface area contributed by atoms with Crippen molar-refractivity contribution in [3.8, 4) is 17.2 Å². The van der Waals surface area contributed by atoms with Gasteiger partial charge < -0.3 is 25.0 Å². The van der Waals surface area contributed by atoms with Crippen molar-refractivity contribution in [2.75, 3.05) is 18.4 Å². The number of fused-ring (bicyclic) bond motifs is 1. The SMILES string of the molecule is C=CC(O)N1CC=C(c2cc3c(Oc4ccc(NC(O)NC5CC5)c(Cl)c4)ccnc3cc2OCc2ccccc2)CC1. The van der Waals surface area contributed by atoms with Crippen LogP contribution in [0.4, 0.5) is 5.69 Å². The Kier molecular flexibility index (Phi) is 8.92. The van der Waals surface area contributed by atoms with Crippen LogP contribution in [0, 0.1) is 0 Å². The van der Waals surface area contributed by atoms with Crippen LogP contribution in [-0.4, -0.2) is 51.8 Å². The highest BCUT2D eigenvalue weighted by Gasteiger charge is 2.24. The van der Waals surface area contributed by atoms with Crippen LogP contribution in [0.1, 0.15) is 30.4 Å². The number of rotatable bonds is 12. The van der Waals surface area contributed by atoms with Gasteiger partial charge in [0.25, 0.3) is 0 Å². The van der Waals surface area contributed by atoms with Gasteiger partial charge in [0.2, 0.25) is 0 Å². The largest absolute Gasteiger partial charge is 0.488 e. The number of benzene rings is 3. The van der Waals surface area contributed by atoms with E-state index in [4.69, 9.17) is 21.1 Å². The van der Waals surface area contributed by atoms with E-state index >= 15 is 0 Å². The summed E-state index contributed by atoms with van der Waals surface area (Å²) in [5.74, 6) is 1.93. The van der Waals surface area contributed by atoms with Crippen molar-refractivity contribution in [2.24, 2.45) is 0 Å². The van der Waals surface area contributed by atoms with Crippen molar-refractivity contribution in [3.05, 3.63) is 108 Å². The Labute approximate surface area is 256 Å². The predicted molar refractivity (Wildman–Crippen MR) is 170 cm³/mol. The summed E-state index contributed by atoms with van der Waals surface area (Å²) in [6.45, 7) is 5.42. The molecule has 6 rings (SSSR count). The fraction of sp³-hybridized carbons (Fsp3) is 0.265. The lowest BCUT2D eigenvalue weighted by molar-refractivity contribution is 0.0506. The van der Waals surface area contributed by atoms with Crippen LogP contribution in [0.5, 0.6) is 17.2 Å². The Morgan fingerprint density at radius 1 is 1.07 bits per heavy atom. The van der Waals surface area contributed by atoms with Gasteiger partial charge in [0, 0.05) is 48.4 Å². The minimum atomic E-state index is -0.876. The van der Waals surface area contributed by atoms with Crippen LogP contribution in [0.25, 0.3) is 16.5 Å². The Hall–Kier alpha value is -3.92. The first-order valence-corrected chi connectivity index (χ1v) is 14.9. The van der Waals surface area contributed by atoms with E-state index in [1.807, 2.05) is 53.4 Å². The zero-order valence-electron chi connectivity index (χ0n) is 23.7. The average molecular weight is 599 g/mol. The van der Waals surface area contributed by atoms with Crippen LogP contribution in [0.15, 0.2) is 91.7 Å². The molecule has 0 spiro atoms. The summed E-state index contributed by atoms with van der Waals surface area (Å²) in [7, 11) is 0. The lowest BCUT2D eigenvalue weighted by atomic mass is 9.96. The number of anilines is 1. The zero-order valence-corrected chi connectivity index (χ0v) is 24.5. The maximum Gasteiger partial charge on any atom is 0.181 e. The molecule has 8 nitrogen and oxygen atoms in total. The second-order valence-electron chi connectivity index (χ2n) is 10.8. The summed E-state index contributed by atoms with van der Waals surface area (Å²) in [5, 5.41) is 27.8. The van der Waals surface area contributed by atoms with Crippen LogP contribution in [-0.2, 0) is 6.61 Å². The van der Waals surface area contributed by atoms with Crippen LogP contribution in [0.2, 0.25) is 5.02 Å². The molecular weight excluding hydrogens is 564 g/mol. The fourth-order valence-corrected chi connectivity index (χ4v) is 5.35. The normalized spacial score (nSPS) is 16.8. The molecule has 0 bridgehead atoms. The van der Waals surface area contributed by atoms with E-state index in [1.54, 1.807) is 24.4 Å².